The molecule has 1 fully saturated rings. The molecular weight excluding hydrogens is 437 g/mol. The highest BCUT2D eigenvalue weighted by molar-refractivity contribution is 5.95. The van der Waals surface area contributed by atoms with Gasteiger partial charge in [0.1, 0.15) is 5.56 Å². The molecule has 3 heterocycles. The lowest BCUT2D eigenvalue weighted by atomic mass is 9.96. The van der Waals surface area contributed by atoms with Gasteiger partial charge in [0.05, 0.1) is 12.2 Å². The smallest absolute Gasteiger partial charge is 0.263 e. The number of hydrogen-bond acceptors (Lipinski definition) is 4. The third kappa shape index (κ3) is 5.51. The van der Waals surface area contributed by atoms with Crippen molar-refractivity contribution in [2.24, 2.45) is 5.92 Å². The molecule has 2 N–H and O–H groups in total. The summed E-state index contributed by atoms with van der Waals surface area (Å²) in [6.45, 7) is 4.89. The highest BCUT2D eigenvalue weighted by Gasteiger charge is 2.24. The predicted molar refractivity (Wildman–Crippen MR) is 127 cm³/mol. The lowest BCUT2D eigenvalue weighted by Crippen LogP contribution is -2.38. The van der Waals surface area contributed by atoms with Gasteiger partial charge in [0.25, 0.3) is 11.5 Å². The number of rotatable bonds is 5. The van der Waals surface area contributed by atoms with Crippen LogP contribution in [0, 0.1) is 12.8 Å². The first-order chi connectivity index (χ1) is 14.0. The summed E-state index contributed by atoms with van der Waals surface area (Å²) >= 11 is 0. The monoisotopic (exact) mass is 469 g/mol. The number of hydrogen-bond donors (Lipinski definition) is 2. The Hall–Kier alpha value is -1.83. The number of carbonyl (C=O) groups is 1. The number of aryl methyl sites for hydroxylation is 2. The SMILES string of the molecule is Cc1ccn(CC2CCCNC2)c(=O)c1C(=O)N(C)Cc1n[nH]c2c1CCCC2.Cl.Cl. The second-order valence-corrected chi connectivity index (χ2v) is 8.54. The molecule has 2 aromatic rings. The van der Waals surface area contributed by atoms with E-state index in [1.54, 1.807) is 16.5 Å². The number of pyridine rings is 1. The van der Waals surface area contributed by atoms with Gasteiger partial charge in [-0.2, -0.15) is 5.10 Å². The molecule has 1 aliphatic heterocycles. The Morgan fingerprint density at radius 3 is 2.77 bits per heavy atom. The van der Waals surface area contributed by atoms with Crippen LogP contribution >= 0.6 is 24.8 Å². The van der Waals surface area contributed by atoms with Crippen molar-refractivity contribution in [3.63, 3.8) is 0 Å². The number of nitrogens with one attached hydrogen (secondary N) is 2. The molecule has 2 aromatic heterocycles. The number of piperidine rings is 1. The number of aromatic nitrogens is 3. The highest BCUT2D eigenvalue weighted by atomic mass is 35.5. The number of H-pyrrole nitrogens is 1. The van der Waals surface area contributed by atoms with Crippen molar-refractivity contribution in [1.29, 1.82) is 0 Å². The van der Waals surface area contributed by atoms with Crippen molar-refractivity contribution >= 4 is 30.7 Å². The van der Waals surface area contributed by atoms with Gasteiger partial charge in [0, 0.05) is 25.5 Å². The van der Waals surface area contributed by atoms with Crippen molar-refractivity contribution in [2.45, 2.75) is 58.5 Å². The molecule has 1 unspecified atom stereocenters. The quantitative estimate of drug-likeness (QED) is 0.704. The highest BCUT2D eigenvalue weighted by Crippen LogP contribution is 2.23. The Morgan fingerprint density at radius 2 is 2.03 bits per heavy atom. The van der Waals surface area contributed by atoms with Crippen molar-refractivity contribution in [3.8, 4) is 0 Å². The van der Waals surface area contributed by atoms with Crippen LogP contribution in [0.5, 0.6) is 0 Å². The van der Waals surface area contributed by atoms with Gasteiger partial charge in [-0.3, -0.25) is 14.7 Å². The van der Waals surface area contributed by atoms with Crippen LogP contribution in [0.25, 0.3) is 0 Å². The van der Waals surface area contributed by atoms with Gasteiger partial charge in [0.2, 0.25) is 0 Å². The number of fused-ring (bicyclic) bond motifs is 1. The van der Waals surface area contributed by atoms with Crippen molar-refractivity contribution in [3.05, 3.63) is 50.7 Å². The van der Waals surface area contributed by atoms with Crippen LogP contribution in [0.15, 0.2) is 17.1 Å². The van der Waals surface area contributed by atoms with Gasteiger partial charge >= 0.3 is 0 Å². The molecule has 31 heavy (non-hydrogen) atoms. The van der Waals surface area contributed by atoms with Crippen molar-refractivity contribution < 1.29 is 4.79 Å². The summed E-state index contributed by atoms with van der Waals surface area (Å²) in [6, 6.07) is 1.88. The third-order valence-corrected chi connectivity index (χ3v) is 6.32. The average molecular weight is 470 g/mol. The van der Waals surface area contributed by atoms with E-state index in [-0.39, 0.29) is 41.8 Å². The molecule has 1 atom stereocenters. The Morgan fingerprint density at radius 1 is 1.26 bits per heavy atom. The molecule has 1 aliphatic carbocycles. The summed E-state index contributed by atoms with van der Waals surface area (Å²) in [5.74, 6) is 0.205. The molecule has 0 saturated carbocycles. The summed E-state index contributed by atoms with van der Waals surface area (Å²) in [4.78, 5) is 27.9. The first kappa shape index (κ1) is 25.4. The summed E-state index contributed by atoms with van der Waals surface area (Å²) in [6.07, 6.45) is 8.45. The number of aromatic amines is 1. The molecule has 172 valence electrons. The first-order valence-electron chi connectivity index (χ1n) is 10.8. The van der Waals surface area contributed by atoms with Crippen LogP contribution in [0.1, 0.15) is 58.6 Å². The zero-order valence-corrected chi connectivity index (χ0v) is 19.9. The molecule has 4 rings (SSSR count). The van der Waals surface area contributed by atoms with Crippen LogP contribution in [0.3, 0.4) is 0 Å². The molecule has 7 nitrogen and oxygen atoms in total. The molecule has 0 radical (unpaired) electrons. The standard InChI is InChI=1S/C22H31N5O2.2ClH/c1-15-9-11-27(13-16-6-5-10-23-12-16)22(29)20(15)21(28)26(2)14-19-17-7-3-4-8-18(17)24-25-19;;/h9,11,16,23H,3-8,10,12-14H2,1-2H3,(H,24,25);2*1H. The molecule has 0 spiro atoms. The van der Waals surface area contributed by atoms with Gasteiger partial charge in [0.15, 0.2) is 0 Å². The van der Waals surface area contributed by atoms with Gasteiger partial charge in [-0.05, 0) is 81.6 Å². The van der Waals surface area contributed by atoms with E-state index in [1.165, 1.54) is 17.7 Å². The maximum Gasteiger partial charge on any atom is 0.263 e. The number of amides is 1. The fourth-order valence-electron chi connectivity index (χ4n) is 4.59. The second kappa shape index (κ2) is 11.2. The first-order valence-corrected chi connectivity index (χ1v) is 10.8. The lowest BCUT2D eigenvalue weighted by Gasteiger charge is -2.24. The van der Waals surface area contributed by atoms with E-state index < -0.39 is 0 Å². The fraction of sp³-hybridized carbons (Fsp3) is 0.591. The summed E-state index contributed by atoms with van der Waals surface area (Å²) in [7, 11) is 1.76. The largest absolute Gasteiger partial charge is 0.336 e. The van der Waals surface area contributed by atoms with E-state index in [1.807, 2.05) is 19.2 Å². The van der Waals surface area contributed by atoms with Crippen LogP contribution in [0.2, 0.25) is 0 Å². The number of nitrogens with zero attached hydrogens (tertiary/aromatic N) is 3. The van der Waals surface area contributed by atoms with E-state index in [2.05, 4.69) is 15.5 Å². The third-order valence-electron chi connectivity index (χ3n) is 6.32. The number of carbonyl (C=O) groups excluding carboxylic acids is 1. The van der Waals surface area contributed by atoms with E-state index in [4.69, 9.17) is 0 Å². The summed E-state index contributed by atoms with van der Waals surface area (Å²) < 4.78 is 1.71. The van der Waals surface area contributed by atoms with Crippen molar-refractivity contribution in [2.75, 3.05) is 20.1 Å². The zero-order chi connectivity index (χ0) is 20.4. The van der Waals surface area contributed by atoms with Crippen LogP contribution in [-0.2, 0) is 25.9 Å². The van der Waals surface area contributed by atoms with Crippen LogP contribution in [-0.4, -0.2) is 45.7 Å². The molecule has 2 aliphatic rings. The Kier molecular flexibility index (Phi) is 9.15. The maximum absolute atomic E-state index is 13.2. The predicted octanol–water partition coefficient (Wildman–Crippen LogP) is 2.87. The van der Waals surface area contributed by atoms with E-state index in [9.17, 15) is 9.59 Å². The summed E-state index contributed by atoms with van der Waals surface area (Å²) in [5.41, 5.74) is 4.21. The van der Waals surface area contributed by atoms with Gasteiger partial charge < -0.3 is 14.8 Å². The average Bonchev–Trinajstić information content (AvgIpc) is 3.14. The Bertz CT molecular complexity index is 950. The topological polar surface area (TPSA) is 83.0 Å². The molecule has 1 saturated heterocycles. The molecular formula is C22H33Cl2N5O2. The van der Waals surface area contributed by atoms with E-state index in [0.29, 0.717) is 19.0 Å². The van der Waals surface area contributed by atoms with E-state index >= 15 is 0 Å². The maximum atomic E-state index is 13.2. The van der Waals surface area contributed by atoms with Gasteiger partial charge in [-0.15, -0.1) is 24.8 Å². The van der Waals surface area contributed by atoms with Crippen molar-refractivity contribution in [1.82, 2.24) is 25.0 Å². The molecule has 0 aromatic carbocycles. The van der Waals surface area contributed by atoms with Gasteiger partial charge in [-0.1, -0.05) is 0 Å². The minimum atomic E-state index is -0.226. The van der Waals surface area contributed by atoms with Crippen LogP contribution < -0.4 is 10.9 Å². The normalized spacial score (nSPS) is 17.8. The second-order valence-electron chi connectivity index (χ2n) is 8.54. The molecule has 0 bridgehead atoms. The van der Waals surface area contributed by atoms with Gasteiger partial charge in [-0.25, -0.2) is 0 Å². The summed E-state index contributed by atoms with van der Waals surface area (Å²) in [5, 5.41) is 11.0. The molecule has 1 amide bonds. The Labute approximate surface area is 195 Å². The number of halogens is 2. The minimum absolute atomic E-state index is 0. The molecule has 9 heteroatoms. The lowest BCUT2D eigenvalue weighted by molar-refractivity contribution is 0.0779. The van der Waals surface area contributed by atoms with E-state index in [0.717, 1.165) is 56.5 Å². The fourth-order valence-corrected chi connectivity index (χ4v) is 4.59. The zero-order valence-electron chi connectivity index (χ0n) is 18.3. The Balaban J connectivity index is 0.00000171. The minimum Gasteiger partial charge on any atom is -0.336 e. The van der Waals surface area contributed by atoms with Crippen LogP contribution in [0.4, 0.5) is 0 Å².